The fourth-order valence-corrected chi connectivity index (χ4v) is 2.83. The average Bonchev–Trinajstić information content (AvgIpc) is 3.26. The summed E-state index contributed by atoms with van der Waals surface area (Å²) in [7, 11) is 0. The fourth-order valence-electron chi connectivity index (χ4n) is 2.83. The molecule has 0 aliphatic carbocycles. The molecule has 23 heavy (non-hydrogen) atoms. The van der Waals surface area contributed by atoms with Gasteiger partial charge in [0.25, 0.3) is 0 Å². The molecule has 3 N–H and O–H groups in total. The molecule has 1 unspecified atom stereocenters. The smallest absolute Gasteiger partial charge is 0.249 e. The van der Waals surface area contributed by atoms with Crippen molar-refractivity contribution in [2.75, 3.05) is 6.54 Å². The van der Waals surface area contributed by atoms with Gasteiger partial charge in [0, 0.05) is 24.6 Å². The number of hydrogen-bond acceptors (Lipinski definition) is 4. The van der Waals surface area contributed by atoms with Crippen LogP contribution in [0.2, 0.25) is 0 Å². The molecule has 0 bridgehead atoms. The number of nitrogens with zero attached hydrogens (tertiary/aromatic N) is 2. The maximum absolute atomic E-state index is 12.3. The van der Waals surface area contributed by atoms with Gasteiger partial charge in [0.15, 0.2) is 0 Å². The molecule has 1 aliphatic heterocycles. The lowest BCUT2D eigenvalue weighted by atomic mass is 10.1. The van der Waals surface area contributed by atoms with Gasteiger partial charge < -0.3 is 20.4 Å². The Hall–Kier alpha value is -2.18. The Labute approximate surface area is 135 Å². The van der Waals surface area contributed by atoms with Crippen LogP contribution in [0.1, 0.15) is 31.4 Å². The number of nitrogens with one attached hydrogen (secondary N) is 1. The normalized spacial score (nSPS) is 22.0. The molecule has 1 aromatic heterocycles. The van der Waals surface area contributed by atoms with E-state index in [9.17, 15) is 4.79 Å². The first kappa shape index (κ1) is 15.7. The lowest BCUT2D eigenvalue weighted by Gasteiger charge is -2.18. The zero-order valence-electron chi connectivity index (χ0n) is 13.2. The van der Waals surface area contributed by atoms with Crippen LogP contribution in [0.3, 0.4) is 0 Å². The minimum Gasteiger partial charge on any atom is -0.364 e. The van der Waals surface area contributed by atoms with Gasteiger partial charge in [-0.2, -0.15) is 0 Å². The van der Waals surface area contributed by atoms with Crippen LogP contribution in [-0.2, 0) is 9.53 Å². The van der Waals surface area contributed by atoms with E-state index in [2.05, 4.69) is 10.3 Å². The largest absolute Gasteiger partial charge is 0.364 e. The predicted octanol–water partition coefficient (Wildman–Crippen LogP) is 1.56. The Bertz CT molecular complexity index is 656. The molecule has 6 heteroatoms. The second-order valence-corrected chi connectivity index (χ2v) is 5.86. The van der Waals surface area contributed by atoms with E-state index >= 15 is 0 Å². The van der Waals surface area contributed by atoms with Crippen molar-refractivity contribution >= 4 is 5.91 Å². The molecule has 3 rings (SSSR count). The molecule has 0 radical (unpaired) electrons. The van der Waals surface area contributed by atoms with E-state index in [1.54, 1.807) is 12.5 Å². The summed E-state index contributed by atoms with van der Waals surface area (Å²) in [5.41, 5.74) is 7.64. The van der Waals surface area contributed by atoms with Gasteiger partial charge >= 0.3 is 0 Å². The highest BCUT2D eigenvalue weighted by Gasteiger charge is 2.30. The minimum absolute atomic E-state index is 0.00521. The number of aromatic nitrogens is 2. The molecule has 1 aromatic carbocycles. The second-order valence-electron chi connectivity index (χ2n) is 5.86. The van der Waals surface area contributed by atoms with Crippen LogP contribution >= 0.6 is 0 Å². The molecule has 0 saturated carbocycles. The molecule has 0 spiro atoms. The number of carbonyl (C=O) groups excluding carboxylic acids is 1. The molecule has 1 fully saturated rings. The lowest BCUT2D eigenvalue weighted by molar-refractivity contribution is -0.132. The summed E-state index contributed by atoms with van der Waals surface area (Å²) in [6.07, 6.45) is 6.58. The van der Waals surface area contributed by atoms with Crippen molar-refractivity contribution in [1.82, 2.24) is 14.9 Å². The third kappa shape index (κ3) is 3.60. The zero-order valence-corrected chi connectivity index (χ0v) is 13.2. The number of ether oxygens (including phenoxy) is 1. The Morgan fingerprint density at radius 2 is 2.39 bits per heavy atom. The number of carbonyl (C=O) groups is 1. The molecule has 2 heterocycles. The van der Waals surface area contributed by atoms with E-state index in [0.29, 0.717) is 6.54 Å². The van der Waals surface area contributed by atoms with Crippen LogP contribution in [0.4, 0.5) is 0 Å². The van der Waals surface area contributed by atoms with Crippen LogP contribution in [0.5, 0.6) is 0 Å². The van der Waals surface area contributed by atoms with E-state index in [4.69, 9.17) is 10.5 Å². The third-order valence-electron chi connectivity index (χ3n) is 4.19. The minimum atomic E-state index is -0.386. The van der Waals surface area contributed by atoms with Crippen LogP contribution in [0, 0.1) is 0 Å². The molecule has 1 amide bonds. The SMILES string of the molecule is CC(NC(=O)[C@@H]1CC[C@H](CN)O1)c1cccc(-n2ccnc2)c1. The summed E-state index contributed by atoms with van der Waals surface area (Å²) in [5.74, 6) is -0.0681. The molecular weight excluding hydrogens is 292 g/mol. The number of hydrogen-bond donors (Lipinski definition) is 2. The number of amides is 1. The quantitative estimate of drug-likeness (QED) is 0.877. The van der Waals surface area contributed by atoms with Gasteiger partial charge in [-0.05, 0) is 37.5 Å². The first-order valence-electron chi connectivity index (χ1n) is 7.91. The molecule has 3 atom stereocenters. The summed E-state index contributed by atoms with van der Waals surface area (Å²) in [6.45, 7) is 2.44. The van der Waals surface area contributed by atoms with Crippen molar-refractivity contribution in [2.45, 2.75) is 38.0 Å². The molecule has 1 aliphatic rings. The highest BCUT2D eigenvalue weighted by molar-refractivity contribution is 5.81. The van der Waals surface area contributed by atoms with Gasteiger partial charge in [-0.1, -0.05) is 12.1 Å². The number of benzene rings is 1. The zero-order chi connectivity index (χ0) is 16.2. The van der Waals surface area contributed by atoms with Crippen LogP contribution in [0.15, 0.2) is 43.0 Å². The predicted molar refractivity (Wildman–Crippen MR) is 87.1 cm³/mol. The fraction of sp³-hybridized carbons (Fsp3) is 0.412. The van der Waals surface area contributed by atoms with Gasteiger partial charge in [0.2, 0.25) is 5.91 Å². The highest BCUT2D eigenvalue weighted by Crippen LogP contribution is 2.21. The first-order chi connectivity index (χ1) is 11.2. The average molecular weight is 314 g/mol. The van der Waals surface area contributed by atoms with Crippen LogP contribution in [-0.4, -0.2) is 34.2 Å². The Kier molecular flexibility index (Phi) is 4.73. The van der Waals surface area contributed by atoms with Crippen molar-refractivity contribution in [3.63, 3.8) is 0 Å². The van der Waals surface area contributed by atoms with Crippen molar-refractivity contribution in [3.05, 3.63) is 48.5 Å². The van der Waals surface area contributed by atoms with E-state index in [1.807, 2.05) is 42.0 Å². The Morgan fingerprint density at radius 1 is 1.52 bits per heavy atom. The Balaban J connectivity index is 1.65. The summed E-state index contributed by atoms with van der Waals surface area (Å²) in [6, 6.07) is 7.94. The molecule has 122 valence electrons. The van der Waals surface area contributed by atoms with Crippen molar-refractivity contribution in [1.29, 1.82) is 0 Å². The first-order valence-corrected chi connectivity index (χ1v) is 7.91. The van der Waals surface area contributed by atoms with E-state index < -0.39 is 0 Å². The van der Waals surface area contributed by atoms with E-state index in [-0.39, 0.29) is 24.2 Å². The second kappa shape index (κ2) is 6.93. The third-order valence-corrected chi connectivity index (χ3v) is 4.19. The van der Waals surface area contributed by atoms with Gasteiger partial charge in [-0.25, -0.2) is 4.98 Å². The van der Waals surface area contributed by atoms with Crippen molar-refractivity contribution in [3.8, 4) is 5.69 Å². The Morgan fingerprint density at radius 3 is 3.09 bits per heavy atom. The maximum Gasteiger partial charge on any atom is 0.249 e. The lowest BCUT2D eigenvalue weighted by Crippen LogP contribution is -2.37. The topological polar surface area (TPSA) is 82.2 Å². The summed E-state index contributed by atoms with van der Waals surface area (Å²) in [4.78, 5) is 16.4. The van der Waals surface area contributed by atoms with Gasteiger partial charge in [-0.15, -0.1) is 0 Å². The summed E-state index contributed by atoms with van der Waals surface area (Å²) in [5, 5.41) is 3.03. The monoisotopic (exact) mass is 314 g/mol. The summed E-state index contributed by atoms with van der Waals surface area (Å²) < 4.78 is 7.58. The van der Waals surface area contributed by atoms with Crippen LogP contribution < -0.4 is 11.1 Å². The molecule has 1 saturated heterocycles. The highest BCUT2D eigenvalue weighted by atomic mass is 16.5. The van der Waals surface area contributed by atoms with E-state index in [0.717, 1.165) is 24.1 Å². The van der Waals surface area contributed by atoms with Crippen molar-refractivity contribution < 1.29 is 9.53 Å². The standard InChI is InChI=1S/C17H22N4O2/c1-12(20-17(22)16-6-5-15(10-18)23-16)13-3-2-4-14(9-13)21-8-7-19-11-21/h2-4,7-9,11-12,15-16H,5-6,10,18H2,1H3,(H,20,22)/t12?,15-,16+/m1/s1. The number of nitrogens with two attached hydrogens (primary N) is 1. The molecule has 2 aromatic rings. The van der Waals surface area contributed by atoms with Gasteiger partial charge in [0.05, 0.1) is 18.5 Å². The molecule has 6 nitrogen and oxygen atoms in total. The van der Waals surface area contributed by atoms with Crippen molar-refractivity contribution in [2.24, 2.45) is 5.73 Å². The van der Waals surface area contributed by atoms with Crippen LogP contribution in [0.25, 0.3) is 5.69 Å². The van der Waals surface area contributed by atoms with Gasteiger partial charge in [0.1, 0.15) is 6.10 Å². The summed E-state index contributed by atoms with van der Waals surface area (Å²) >= 11 is 0. The number of rotatable bonds is 5. The molecular formula is C17H22N4O2. The van der Waals surface area contributed by atoms with Gasteiger partial charge in [-0.3, -0.25) is 4.79 Å². The number of imidazole rings is 1. The van der Waals surface area contributed by atoms with E-state index in [1.165, 1.54) is 0 Å². The maximum atomic E-state index is 12.3.